The Morgan fingerprint density at radius 2 is 2.33 bits per heavy atom. The van der Waals surface area contributed by atoms with E-state index in [-0.39, 0.29) is 6.61 Å². The van der Waals surface area contributed by atoms with E-state index in [0.29, 0.717) is 5.75 Å². The summed E-state index contributed by atoms with van der Waals surface area (Å²) in [5, 5.41) is 8.81. The van der Waals surface area contributed by atoms with E-state index in [1.807, 2.05) is 18.2 Å². The van der Waals surface area contributed by atoms with E-state index in [4.69, 9.17) is 5.11 Å². The molecule has 2 nitrogen and oxygen atoms in total. The summed E-state index contributed by atoms with van der Waals surface area (Å²) in [4.78, 5) is 3.97. The first kappa shape index (κ1) is 9.29. The maximum Gasteiger partial charge on any atom is 0.0697 e. The van der Waals surface area contributed by atoms with Crippen LogP contribution in [0.1, 0.15) is 11.1 Å². The second-order valence-electron chi connectivity index (χ2n) is 2.37. The highest BCUT2D eigenvalue weighted by Crippen LogP contribution is 2.04. The number of aliphatic hydroxyl groups is 1. The van der Waals surface area contributed by atoms with Crippen LogP contribution in [-0.2, 0) is 6.61 Å². The van der Waals surface area contributed by atoms with Gasteiger partial charge in [0.15, 0.2) is 0 Å². The lowest BCUT2D eigenvalue weighted by Gasteiger charge is -1.96. The molecule has 64 valence electrons. The lowest BCUT2D eigenvalue weighted by Crippen LogP contribution is -1.85. The van der Waals surface area contributed by atoms with Crippen LogP contribution in [0.25, 0.3) is 6.08 Å². The summed E-state index contributed by atoms with van der Waals surface area (Å²) in [5.74, 6) is 0.712. The van der Waals surface area contributed by atoms with Gasteiger partial charge in [0.1, 0.15) is 0 Å². The van der Waals surface area contributed by atoms with Crippen LogP contribution < -0.4 is 0 Å². The van der Waals surface area contributed by atoms with Crippen molar-refractivity contribution in [1.29, 1.82) is 0 Å². The van der Waals surface area contributed by atoms with E-state index in [9.17, 15) is 0 Å². The molecule has 1 aromatic rings. The summed E-state index contributed by atoms with van der Waals surface area (Å²) < 4.78 is 0. The van der Waals surface area contributed by atoms with Gasteiger partial charge in [-0.3, -0.25) is 4.98 Å². The average Bonchev–Trinajstić information content (AvgIpc) is 2.15. The Morgan fingerprint density at radius 1 is 1.50 bits per heavy atom. The van der Waals surface area contributed by atoms with Gasteiger partial charge < -0.3 is 5.11 Å². The third-order valence-corrected chi connectivity index (χ3v) is 1.63. The molecule has 0 aliphatic rings. The van der Waals surface area contributed by atoms with Crippen molar-refractivity contribution < 1.29 is 5.11 Å². The highest BCUT2D eigenvalue weighted by atomic mass is 32.1. The molecule has 1 rings (SSSR count). The van der Waals surface area contributed by atoms with Gasteiger partial charge in [0.05, 0.1) is 6.61 Å². The molecule has 0 saturated carbocycles. The number of nitrogens with zero attached hydrogens (tertiary/aromatic N) is 1. The lowest BCUT2D eigenvalue weighted by atomic mass is 10.2. The van der Waals surface area contributed by atoms with Crippen LogP contribution in [0.4, 0.5) is 0 Å². The lowest BCUT2D eigenvalue weighted by molar-refractivity contribution is 0.281. The second kappa shape index (κ2) is 4.95. The minimum Gasteiger partial charge on any atom is -0.392 e. The highest BCUT2D eigenvalue weighted by Gasteiger charge is 1.90. The Kier molecular flexibility index (Phi) is 3.84. The van der Waals surface area contributed by atoms with Gasteiger partial charge in [-0.2, -0.15) is 12.6 Å². The maximum atomic E-state index is 8.81. The number of pyridine rings is 1. The molecule has 0 amide bonds. The second-order valence-corrected chi connectivity index (χ2v) is 2.73. The molecule has 0 spiro atoms. The number of rotatable bonds is 3. The zero-order valence-electron chi connectivity index (χ0n) is 6.64. The molecule has 12 heavy (non-hydrogen) atoms. The molecule has 0 bridgehead atoms. The van der Waals surface area contributed by atoms with Gasteiger partial charge in [-0.05, 0) is 17.2 Å². The standard InChI is InChI=1S/C9H11NOS/c11-7-9-4-8(2-1-3-12)5-10-6-9/h1-2,4-6,11-12H,3,7H2. The van der Waals surface area contributed by atoms with Crippen molar-refractivity contribution in [2.45, 2.75) is 6.61 Å². The largest absolute Gasteiger partial charge is 0.392 e. The summed E-state index contributed by atoms with van der Waals surface area (Å²) in [6, 6.07) is 1.90. The third kappa shape index (κ3) is 2.68. The minimum atomic E-state index is 0.0373. The van der Waals surface area contributed by atoms with Crippen LogP contribution in [0.5, 0.6) is 0 Å². The van der Waals surface area contributed by atoms with Gasteiger partial charge in [0.2, 0.25) is 0 Å². The molecule has 1 aromatic heterocycles. The average molecular weight is 181 g/mol. The van der Waals surface area contributed by atoms with Gasteiger partial charge in [-0.15, -0.1) is 0 Å². The first-order valence-electron chi connectivity index (χ1n) is 3.69. The molecular weight excluding hydrogens is 170 g/mol. The fourth-order valence-corrected chi connectivity index (χ4v) is 0.979. The normalized spacial score (nSPS) is 10.8. The summed E-state index contributed by atoms with van der Waals surface area (Å²) in [5.41, 5.74) is 1.83. The van der Waals surface area contributed by atoms with Gasteiger partial charge >= 0.3 is 0 Å². The first-order valence-corrected chi connectivity index (χ1v) is 4.32. The smallest absolute Gasteiger partial charge is 0.0697 e. The number of aromatic nitrogens is 1. The maximum absolute atomic E-state index is 8.81. The number of hydrogen-bond donors (Lipinski definition) is 2. The summed E-state index contributed by atoms with van der Waals surface area (Å²) in [6.07, 6.45) is 7.26. The van der Waals surface area contributed by atoms with E-state index >= 15 is 0 Å². The predicted octanol–water partition coefficient (Wildman–Crippen LogP) is 1.52. The first-order chi connectivity index (χ1) is 5.86. The zero-order chi connectivity index (χ0) is 8.81. The molecule has 0 atom stereocenters. The Morgan fingerprint density at radius 3 is 3.00 bits per heavy atom. The number of thiol groups is 1. The molecule has 0 aliphatic carbocycles. The Bertz CT molecular complexity index is 273. The van der Waals surface area contributed by atoms with Crippen molar-refractivity contribution in [2.75, 3.05) is 5.75 Å². The molecule has 3 heteroatoms. The summed E-state index contributed by atoms with van der Waals surface area (Å²) in [6.45, 7) is 0.0373. The number of hydrogen-bond acceptors (Lipinski definition) is 3. The Balaban J connectivity index is 2.79. The van der Waals surface area contributed by atoms with Gasteiger partial charge in [-0.25, -0.2) is 0 Å². The minimum absolute atomic E-state index is 0.0373. The zero-order valence-corrected chi connectivity index (χ0v) is 7.54. The van der Waals surface area contributed by atoms with Gasteiger partial charge in [-0.1, -0.05) is 12.2 Å². The van der Waals surface area contributed by atoms with Crippen molar-refractivity contribution in [1.82, 2.24) is 4.98 Å². The topological polar surface area (TPSA) is 33.1 Å². The fourth-order valence-electron chi connectivity index (χ4n) is 0.874. The number of aliphatic hydroxyl groups excluding tert-OH is 1. The van der Waals surface area contributed by atoms with Crippen LogP contribution in [0.3, 0.4) is 0 Å². The van der Waals surface area contributed by atoms with Crippen molar-refractivity contribution >= 4 is 18.7 Å². The van der Waals surface area contributed by atoms with Crippen molar-refractivity contribution in [2.24, 2.45) is 0 Å². The van der Waals surface area contributed by atoms with Crippen LogP contribution in [0, 0.1) is 0 Å². The molecule has 1 N–H and O–H groups in total. The highest BCUT2D eigenvalue weighted by molar-refractivity contribution is 7.80. The summed E-state index contributed by atoms with van der Waals surface area (Å²) in [7, 11) is 0. The van der Waals surface area contributed by atoms with Crippen molar-refractivity contribution in [3.63, 3.8) is 0 Å². The Labute approximate surface area is 77.4 Å². The molecule has 0 aromatic carbocycles. The summed E-state index contributed by atoms with van der Waals surface area (Å²) >= 11 is 4.04. The van der Waals surface area contributed by atoms with Crippen molar-refractivity contribution in [3.05, 3.63) is 35.7 Å². The van der Waals surface area contributed by atoms with Crippen LogP contribution in [-0.4, -0.2) is 15.8 Å². The van der Waals surface area contributed by atoms with Gasteiger partial charge in [0.25, 0.3) is 0 Å². The molecule has 1 heterocycles. The molecule has 0 saturated heterocycles. The van der Waals surface area contributed by atoms with Crippen LogP contribution in [0.15, 0.2) is 24.5 Å². The van der Waals surface area contributed by atoms with Gasteiger partial charge in [0, 0.05) is 18.1 Å². The molecular formula is C9H11NOS. The predicted molar refractivity (Wildman–Crippen MR) is 53.0 cm³/mol. The fraction of sp³-hybridized carbons (Fsp3) is 0.222. The molecule has 0 fully saturated rings. The van der Waals surface area contributed by atoms with E-state index in [0.717, 1.165) is 11.1 Å². The molecule has 0 radical (unpaired) electrons. The third-order valence-electron chi connectivity index (χ3n) is 1.41. The monoisotopic (exact) mass is 181 g/mol. The SMILES string of the molecule is OCc1cncc(C=CCS)c1. The van der Waals surface area contributed by atoms with Crippen molar-refractivity contribution in [3.8, 4) is 0 Å². The van der Waals surface area contributed by atoms with Crippen LogP contribution in [0.2, 0.25) is 0 Å². The quantitative estimate of drug-likeness (QED) is 0.693. The van der Waals surface area contributed by atoms with E-state index < -0.39 is 0 Å². The van der Waals surface area contributed by atoms with E-state index in [1.54, 1.807) is 12.4 Å². The molecule has 0 unspecified atom stereocenters. The molecule has 0 aliphatic heterocycles. The van der Waals surface area contributed by atoms with E-state index in [2.05, 4.69) is 17.6 Å². The van der Waals surface area contributed by atoms with Crippen LogP contribution >= 0.6 is 12.6 Å². The Hall–Kier alpha value is -0.800. The van der Waals surface area contributed by atoms with E-state index in [1.165, 1.54) is 0 Å².